The summed E-state index contributed by atoms with van der Waals surface area (Å²) in [7, 11) is 0. The van der Waals surface area contributed by atoms with Crippen LogP contribution in [0.25, 0.3) is 0 Å². The van der Waals surface area contributed by atoms with Gasteiger partial charge in [0.05, 0.1) is 52.3 Å². The van der Waals surface area contributed by atoms with Crippen LogP contribution >= 0.6 is 0 Å². The van der Waals surface area contributed by atoms with Gasteiger partial charge in [-0.1, -0.05) is 42.5 Å². The Morgan fingerprint density at radius 3 is 1.95 bits per heavy atom. The molecule has 0 fully saturated rings. The minimum atomic E-state index is -0.651. The van der Waals surface area contributed by atoms with Gasteiger partial charge in [-0.15, -0.1) is 0 Å². The highest BCUT2D eigenvalue weighted by Crippen LogP contribution is 2.15. The Morgan fingerprint density at radius 2 is 1.35 bits per heavy atom. The molecule has 2 aromatic rings. The van der Waals surface area contributed by atoms with Crippen molar-refractivity contribution in [1.82, 2.24) is 5.32 Å². The third kappa shape index (κ3) is 16.2. The number of benzene rings is 2. The fourth-order valence-electron chi connectivity index (χ4n) is 3.37. The number of esters is 1. The molecule has 0 aliphatic heterocycles. The summed E-state index contributed by atoms with van der Waals surface area (Å²) in [6, 6.07) is 16.9. The molecule has 3 N–H and O–H groups in total. The fraction of sp³-hybridized carbons (Fsp3) is 0.533. The third-order valence-corrected chi connectivity index (χ3v) is 5.27. The van der Waals surface area contributed by atoms with Crippen LogP contribution in [0.4, 0.5) is 0 Å². The van der Waals surface area contributed by atoms with Gasteiger partial charge in [0.1, 0.15) is 24.6 Å². The van der Waals surface area contributed by atoms with Crippen molar-refractivity contribution in [1.29, 1.82) is 0 Å². The van der Waals surface area contributed by atoms with E-state index in [0.29, 0.717) is 65.8 Å². The van der Waals surface area contributed by atoms with E-state index < -0.39 is 17.6 Å². The van der Waals surface area contributed by atoms with E-state index in [4.69, 9.17) is 34.2 Å². The maximum Gasteiger partial charge on any atom is 0.332 e. The van der Waals surface area contributed by atoms with E-state index in [2.05, 4.69) is 5.32 Å². The van der Waals surface area contributed by atoms with E-state index >= 15 is 0 Å². The second kappa shape index (κ2) is 19.1. The lowest BCUT2D eigenvalue weighted by atomic mass is 10.1. The highest BCUT2D eigenvalue weighted by Gasteiger charge is 2.16. The maximum atomic E-state index is 12.3. The van der Waals surface area contributed by atoms with E-state index in [0.717, 1.165) is 16.9 Å². The topological polar surface area (TPSA) is 128 Å². The van der Waals surface area contributed by atoms with Gasteiger partial charge in [-0.05, 0) is 50.5 Å². The molecular weight excluding hydrogens is 516 g/mol. The van der Waals surface area contributed by atoms with Gasteiger partial charge < -0.3 is 39.5 Å². The summed E-state index contributed by atoms with van der Waals surface area (Å²) in [5.41, 5.74) is 7.60. The van der Waals surface area contributed by atoms with E-state index in [1.807, 2.05) is 54.6 Å². The van der Waals surface area contributed by atoms with Crippen molar-refractivity contribution in [3.05, 3.63) is 65.7 Å². The van der Waals surface area contributed by atoms with Gasteiger partial charge in [-0.2, -0.15) is 0 Å². The van der Waals surface area contributed by atoms with Crippen molar-refractivity contribution in [2.45, 2.75) is 45.4 Å². The summed E-state index contributed by atoms with van der Waals surface area (Å²) in [6.07, 6.45) is 0.428. The van der Waals surface area contributed by atoms with Crippen molar-refractivity contribution < 1.29 is 38.0 Å². The lowest BCUT2D eigenvalue weighted by molar-refractivity contribution is -0.160. The monoisotopic (exact) mass is 560 g/mol. The van der Waals surface area contributed by atoms with E-state index in [-0.39, 0.29) is 12.5 Å². The number of carbonyl (C=O) groups excluding carboxylic acids is 2. The quantitative estimate of drug-likeness (QED) is 0.186. The Labute approximate surface area is 237 Å². The van der Waals surface area contributed by atoms with Crippen LogP contribution in [0.5, 0.6) is 5.75 Å². The first-order valence-corrected chi connectivity index (χ1v) is 13.5. The van der Waals surface area contributed by atoms with Gasteiger partial charge in [0.2, 0.25) is 5.91 Å². The molecule has 0 heterocycles. The Hall–Kier alpha value is -3.02. The van der Waals surface area contributed by atoms with E-state index in [1.165, 1.54) is 0 Å². The first kappa shape index (κ1) is 33.2. The summed E-state index contributed by atoms with van der Waals surface area (Å²) >= 11 is 0. The molecule has 0 spiro atoms. The van der Waals surface area contributed by atoms with Gasteiger partial charge in [0, 0.05) is 6.54 Å². The molecule has 0 radical (unpaired) electrons. The maximum absolute atomic E-state index is 12.3. The smallest absolute Gasteiger partial charge is 0.332 e. The van der Waals surface area contributed by atoms with Crippen LogP contribution < -0.4 is 15.8 Å². The number of hydrogen-bond donors (Lipinski definition) is 2. The molecule has 0 aromatic heterocycles. The highest BCUT2D eigenvalue weighted by atomic mass is 16.6. The molecule has 0 aliphatic rings. The van der Waals surface area contributed by atoms with Gasteiger partial charge in [-0.3, -0.25) is 4.79 Å². The molecule has 2 aromatic carbocycles. The zero-order valence-electron chi connectivity index (χ0n) is 23.9. The Morgan fingerprint density at radius 1 is 0.775 bits per heavy atom. The van der Waals surface area contributed by atoms with Crippen LogP contribution in [-0.2, 0) is 46.3 Å². The fourth-order valence-corrected chi connectivity index (χ4v) is 3.37. The molecule has 1 amide bonds. The second-order valence-electron chi connectivity index (χ2n) is 10.00. The number of nitrogens with one attached hydrogen (secondary N) is 1. The SMILES string of the molecule is CC(C)(C)OC(=O)COCCOCCOCCOCCNC(=O)[C@@H](N)Cc1ccc(OCc2ccccc2)cc1. The number of nitrogens with two attached hydrogens (primary N) is 1. The largest absolute Gasteiger partial charge is 0.489 e. The molecule has 40 heavy (non-hydrogen) atoms. The average molecular weight is 561 g/mol. The zero-order chi connectivity index (χ0) is 29.1. The number of carbonyl (C=O) groups is 2. The summed E-state index contributed by atoms with van der Waals surface area (Å²) in [4.78, 5) is 23.8. The van der Waals surface area contributed by atoms with Gasteiger partial charge in [0.25, 0.3) is 0 Å². The van der Waals surface area contributed by atoms with Crippen molar-refractivity contribution in [3.8, 4) is 5.75 Å². The van der Waals surface area contributed by atoms with Crippen LogP contribution in [0, 0.1) is 0 Å². The molecule has 0 aliphatic carbocycles. The molecule has 0 bridgehead atoms. The van der Waals surface area contributed by atoms with Gasteiger partial charge in [-0.25, -0.2) is 4.79 Å². The zero-order valence-corrected chi connectivity index (χ0v) is 23.9. The Bertz CT molecular complexity index is 964. The molecule has 1 atom stereocenters. The minimum Gasteiger partial charge on any atom is -0.489 e. The molecule has 0 saturated carbocycles. The summed E-state index contributed by atoms with van der Waals surface area (Å²) < 4.78 is 32.4. The molecule has 10 heteroatoms. The Balaban J connectivity index is 1.41. The number of hydrogen-bond acceptors (Lipinski definition) is 9. The first-order chi connectivity index (χ1) is 19.2. The predicted octanol–water partition coefficient (Wildman–Crippen LogP) is 2.66. The third-order valence-electron chi connectivity index (χ3n) is 5.27. The molecule has 0 unspecified atom stereocenters. The van der Waals surface area contributed by atoms with Crippen molar-refractivity contribution in [2.75, 3.05) is 59.4 Å². The molecular formula is C30H44N2O8. The van der Waals surface area contributed by atoms with Crippen LogP contribution in [0.1, 0.15) is 31.9 Å². The van der Waals surface area contributed by atoms with Crippen LogP contribution in [0.15, 0.2) is 54.6 Å². The normalized spacial score (nSPS) is 12.1. The van der Waals surface area contributed by atoms with Crippen LogP contribution in [0.3, 0.4) is 0 Å². The summed E-state index contributed by atoms with van der Waals surface area (Å²) in [6.45, 7) is 8.85. The van der Waals surface area contributed by atoms with E-state index in [1.54, 1.807) is 20.8 Å². The molecule has 10 nitrogen and oxygen atoms in total. The lowest BCUT2D eigenvalue weighted by Crippen LogP contribution is -2.43. The number of rotatable bonds is 20. The van der Waals surface area contributed by atoms with Crippen LogP contribution in [0.2, 0.25) is 0 Å². The van der Waals surface area contributed by atoms with Crippen LogP contribution in [-0.4, -0.2) is 82.9 Å². The second-order valence-corrected chi connectivity index (χ2v) is 10.00. The molecule has 222 valence electrons. The summed E-state index contributed by atoms with van der Waals surface area (Å²) in [5.74, 6) is 0.141. The van der Waals surface area contributed by atoms with Crippen molar-refractivity contribution >= 4 is 11.9 Å². The molecule has 0 saturated heterocycles. The van der Waals surface area contributed by atoms with Crippen molar-refractivity contribution in [2.24, 2.45) is 5.73 Å². The lowest BCUT2D eigenvalue weighted by Gasteiger charge is -2.19. The highest BCUT2D eigenvalue weighted by molar-refractivity contribution is 5.81. The summed E-state index contributed by atoms with van der Waals surface area (Å²) in [5, 5.41) is 2.79. The average Bonchev–Trinajstić information content (AvgIpc) is 2.92. The minimum absolute atomic E-state index is 0.0968. The number of ether oxygens (including phenoxy) is 6. The van der Waals surface area contributed by atoms with Gasteiger partial charge >= 0.3 is 5.97 Å². The predicted molar refractivity (Wildman–Crippen MR) is 151 cm³/mol. The van der Waals surface area contributed by atoms with Gasteiger partial charge in [0.15, 0.2) is 0 Å². The first-order valence-electron chi connectivity index (χ1n) is 13.5. The van der Waals surface area contributed by atoms with Crippen molar-refractivity contribution in [3.63, 3.8) is 0 Å². The number of amides is 1. The van der Waals surface area contributed by atoms with E-state index in [9.17, 15) is 9.59 Å². The Kier molecular flexibility index (Phi) is 15.9. The standard InChI is InChI=1S/C30H44N2O8/c1-30(2,3)40-28(33)23-38-20-19-37-18-17-36-16-15-35-14-13-32-29(34)27(31)21-24-9-11-26(12-10-24)39-22-25-7-5-4-6-8-25/h4-12,27H,13-23,31H2,1-3H3,(H,32,34)/t27-/m0/s1. The molecule has 2 rings (SSSR count).